The van der Waals surface area contributed by atoms with Gasteiger partial charge in [0.05, 0.1) is 14.2 Å². The second-order valence-electron chi connectivity index (χ2n) is 11.6. The first-order chi connectivity index (χ1) is 19.3. The van der Waals surface area contributed by atoms with Gasteiger partial charge in [-0.15, -0.1) is 0 Å². The summed E-state index contributed by atoms with van der Waals surface area (Å²) in [6.07, 6.45) is 9.67. The molecule has 2 aliphatic carbocycles. The van der Waals surface area contributed by atoms with Crippen LogP contribution in [0.3, 0.4) is 0 Å². The third-order valence-electron chi connectivity index (χ3n) is 9.44. The van der Waals surface area contributed by atoms with Crippen LogP contribution in [0.15, 0.2) is 65.6 Å². The maximum absolute atomic E-state index is 13.6. The first-order valence-corrected chi connectivity index (χ1v) is 15.8. The summed E-state index contributed by atoms with van der Waals surface area (Å²) in [4.78, 5) is 0.118. The summed E-state index contributed by atoms with van der Waals surface area (Å²) >= 11 is 0. The molecule has 3 aromatic carbocycles. The van der Waals surface area contributed by atoms with Gasteiger partial charge >= 0.3 is 10.1 Å². The maximum Gasteiger partial charge on any atom is 0.339 e. The first kappa shape index (κ1) is 27.0. The van der Waals surface area contributed by atoms with Gasteiger partial charge < -0.3 is 18.4 Å². The van der Waals surface area contributed by atoms with Gasteiger partial charge in [0.1, 0.15) is 27.7 Å². The molecule has 0 bridgehead atoms. The standard InChI is InChI=1S/C33H38O6S/c1-23-10-14-26(15-11-23)40(34,35)39-30-22-25(37-3)13-17-28(30)33-20-8-5-9-31(33)32(18-6-4-7-19-32)27-16-12-24(36-2)21-29(27)38-33/h10-17,21-22,31H,4-9,18-20H2,1-3H3/t31-,33+/m1/s1. The Kier molecular flexibility index (Phi) is 6.97. The number of methoxy groups -OCH3 is 2. The van der Waals surface area contributed by atoms with Crippen molar-refractivity contribution in [2.45, 2.75) is 80.6 Å². The van der Waals surface area contributed by atoms with Crippen molar-refractivity contribution in [1.29, 1.82) is 0 Å². The van der Waals surface area contributed by atoms with Gasteiger partial charge in [0, 0.05) is 34.6 Å². The number of ether oxygens (including phenoxy) is 3. The molecule has 0 radical (unpaired) electrons. The summed E-state index contributed by atoms with van der Waals surface area (Å²) in [6, 6.07) is 18.5. The van der Waals surface area contributed by atoms with Crippen LogP contribution in [0, 0.1) is 12.8 Å². The summed E-state index contributed by atoms with van der Waals surface area (Å²) < 4.78 is 51.4. The van der Waals surface area contributed by atoms with E-state index in [2.05, 4.69) is 6.07 Å². The Morgan fingerprint density at radius 3 is 2.12 bits per heavy atom. The molecular formula is C33H38O6S. The Bertz CT molecular complexity index is 1490. The van der Waals surface area contributed by atoms with Crippen LogP contribution in [0.4, 0.5) is 0 Å². The van der Waals surface area contributed by atoms with Gasteiger partial charge in [-0.2, -0.15) is 8.42 Å². The Labute approximate surface area is 237 Å². The van der Waals surface area contributed by atoms with Crippen molar-refractivity contribution in [3.05, 3.63) is 77.4 Å². The highest BCUT2D eigenvalue weighted by Gasteiger charge is 2.60. The van der Waals surface area contributed by atoms with Crippen LogP contribution in [0.25, 0.3) is 0 Å². The van der Waals surface area contributed by atoms with Gasteiger partial charge in [-0.25, -0.2) is 0 Å². The van der Waals surface area contributed by atoms with Crippen molar-refractivity contribution in [3.8, 4) is 23.0 Å². The topological polar surface area (TPSA) is 71.1 Å². The summed E-state index contributed by atoms with van der Waals surface area (Å²) in [7, 11) is -0.846. The molecule has 40 heavy (non-hydrogen) atoms. The Morgan fingerprint density at radius 1 is 0.775 bits per heavy atom. The zero-order valence-corrected chi connectivity index (χ0v) is 24.4. The zero-order chi connectivity index (χ0) is 28.0. The van der Waals surface area contributed by atoms with Crippen LogP contribution in [-0.2, 0) is 21.1 Å². The van der Waals surface area contributed by atoms with Crippen molar-refractivity contribution in [3.63, 3.8) is 0 Å². The normalized spacial score (nSPS) is 23.4. The molecule has 1 spiro atoms. The third kappa shape index (κ3) is 4.43. The summed E-state index contributed by atoms with van der Waals surface area (Å²) in [5, 5.41) is 0. The van der Waals surface area contributed by atoms with Crippen molar-refractivity contribution in [1.82, 2.24) is 0 Å². The lowest BCUT2D eigenvalue weighted by atomic mass is 9.51. The van der Waals surface area contributed by atoms with Gasteiger partial charge in [-0.1, -0.05) is 49.4 Å². The van der Waals surface area contributed by atoms with Crippen LogP contribution < -0.4 is 18.4 Å². The van der Waals surface area contributed by atoms with E-state index in [-0.39, 0.29) is 22.0 Å². The average molecular weight is 563 g/mol. The predicted octanol–water partition coefficient (Wildman–Crippen LogP) is 7.46. The predicted molar refractivity (Wildman–Crippen MR) is 154 cm³/mol. The van der Waals surface area contributed by atoms with Crippen molar-refractivity contribution >= 4 is 10.1 Å². The van der Waals surface area contributed by atoms with Crippen LogP contribution in [0.1, 0.15) is 74.5 Å². The molecule has 1 heterocycles. The number of hydrogen-bond donors (Lipinski definition) is 0. The molecule has 6 rings (SSSR count). The van der Waals surface area contributed by atoms with Crippen LogP contribution >= 0.6 is 0 Å². The van der Waals surface area contributed by atoms with Crippen LogP contribution in [-0.4, -0.2) is 22.6 Å². The Balaban J connectivity index is 1.54. The molecule has 0 amide bonds. The van der Waals surface area contributed by atoms with Crippen LogP contribution in [0.2, 0.25) is 0 Å². The minimum absolute atomic E-state index is 0.0500. The van der Waals surface area contributed by atoms with Gasteiger partial charge in [-0.05, 0) is 69.4 Å². The highest BCUT2D eigenvalue weighted by Crippen LogP contribution is 2.64. The molecule has 2 fully saturated rings. The molecule has 6 nitrogen and oxygen atoms in total. The van der Waals surface area contributed by atoms with E-state index in [1.165, 1.54) is 24.8 Å². The minimum atomic E-state index is -4.09. The second kappa shape index (κ2) is 10.3. The van der Waals surface area contributed by atoms with E-state index in [9.17, 15) is 8.42 Å². The molecule has 2 atom stereocenters. The SMILES string of the molecule is COc1ccc2c(c1)O[C@]1(c3ccc(OC)cc3OS(=O)(=O)c3ccc(C)cc3)CCCC[C@@H]1C21CCCCC1. The molecule has 7 heteroatoms. The van der Waals surface area contributed by atoms with Gasteiger partial charge in [0.25, 0.3) is 0 Å². The molecule has 1 aliphatic heterocycles. The summed E-state index contributed by atoms with van der Waals surface area (Å²) in [5.74, 6) is 2.58. The molecule has 3 aromatic rings. The fourth-order valence-corrected chi connectivity index (χ4v) is 8.53. The lowest BCUT2D eigenvalue weighted by Gasteiger charge is -2.58. The van der Waals surface area contributed by atoms with E-state index in [1.54, 1.807) is 44.6 Å². The fourth-order valence-electron chi connectivity index (χ4n) is 7.59. The van der Waals surface area contributed by atoms with E-state index in [4.69, 9.17) is 18.4 Å². The lowest BCUT2D eigenvalue weighted by Crippen LogP contribution is -2.57. The highest BCUT2D eigenvalue weighted by molar-refractivity contribution is 7.87. The molecule has 0 saturated heterocycles. The fraction of sp³-hybridized carbons (Fsp3) is 0.455. The highest BCUT2D eigenvalue weighted by atomic mass is 32.2. The van der Waals surface area contributed by atoms with Crippen molar-refractivity contribution in [2.75, 3.05) is 14.2 Å². The number of aryl methyl sites for hydroxylation is 1. The quantitative estimate of drug-likeness (QED) is 0.291. The zero-order valence-electron chi connectivity index (χ0n) is 23.6. The third-order valence-corrected chi connectivity index (χ3v) is 10.7. The summed E-state index contributed by atoms with van der Waals surface area (Å²) in [6.45, 7) is 1.92. The van der Waals surface area contributed by atoms with E-state index in [1.807, 2.05) is 31.2 Å². The molecule has 212 valence electrons. The maximum atomic E-state index is 13.6. The smallest absolute Gasteiger partial charge is 0.339 e. The van der Waals surface area contributed by atoms with E-state index in [0.717, 1.165) is 61.2 Å². The molecular weight excluding hydrogens is 524 g/mol. The molecule has 0 unspecified atom stereocenters. The van der Waals surface area contributed by atoms with E-state index in [0.29, 0.717) is 5.75 Å². The van der Waals surface area contributed by atoms with E-state index >= 15 is 0 Å². The summed E-state index contributed by atoms with van der Waals surface area (Å²) in [5.41, 5.74) is 2.23. The molecule has 3 aliphatic rings. The molecule has 0 N–H and O–H groups in total. The van der Waals surface area contributed by atoms with Crippen LogP contribution in [0.5, 0.6) is 23.0 Å². The number of fused-ring (bicyclic) bond motifs is 4. The second-order valence-corrected chi connectivity index (χ2v) is 13.1. The number of rotatable bonds is 6. The number of hydrogen-bond acceptors (Lipinski definition) is 6. The van der Waals surface area contributed by atoms with Crippen molar-refractivity contribution < 1.29 is 26.8 Å². The van der Waals surface area contributed by atoms with Crippen molar-refractivity contribution in [2.24, 2.45) is 5.92 Å². The van der Waals surface area contributed by atoms with Gasteiger partial charge in [0.15, 0.2) is 5.75 Å². The minimum Gasteiger partial charge on any atom is -0.497 e. The van der Waals surface area contributed by atoms with E-state index < -0.39 is 15.7 Å². The monoisotopic (exact) mass is 562 g/mol. The Hall–Kier alpha value is -3.19. The lowest BCUT2D eigenvalue weighted by molar-refractivity contribution is -0.0956. The average Bonchev–Trinajstić information content (AvgIpc) is 2.97. The number of benzene rings is 3. The molecule has 0 aromatic heterocycles. The Morgan fingerprint density at radius 2 is 1.43 bits per heavy atom. The van der Waals surface area contributed by atoms with Gasteiger partial charge in [0.2, 0.25) is 0 Å². The van der Waals surface area contributed by atoms with Gasteiger partial charge in [-0.3, -0.25) is 0 Å². The largest absolute Gasteiger partial charge is 0.497 e. The molecule has 2 saturated carbocycles. The first-order valence-electron chi connectivity index (χ1n) is 14.4.